The zero-order valence-corrected chi connectivity index (χ0v) is 14.7. The van der Waals surface area contributed by atoms with Crippen molar-refractivity contribution in [3.05, 3.63) is 23.0 Å². The third-order valence-corrected chi connectivity index (χ3v) is 5.91. The molecule has 4 rings (SSSR count). The van der Waals surface area contributed by atoms with Gasteiger partial charge < -0.3 is 10.0 Å². The van der Waals surface area contributed by atoms with E-state index in [-0.39, 0.29) is 11.8 Å². The number of likely N-dealkylation sites (tertiary alicyclic amines) is 1. The molecule has 2 aromatic heterocycles. The number of nitrogens with zero attached hydrogens (tertiary/aromatic N) is 4. The number of aliphatic carboxylic acids is 1. The fourth-order valence-electron chi connectivity index (χ4n) is 4.70. The van der Waals surface area contributed by atoms with Crippen molar-refractivity contribution in [2.24, 2.45) is 18.4 Å². The summed E-state index contributed by atoms with van der Waals surface area (Å²) in [5.41, 5.74) is 2.02. The molecule has 1 saturated carbocycles. The Kier molecular flexibility index (Phi) is 3.39. The van der Waals surface area contributed by atoms with Gasteiger partial charge in [-0.3, -0.25) is 14.3 Å². The Balaban J connectivity index is 1.76. The molecule has 2 atom stereocenters. The Morgan fingerprint density at radius 3 is 2.80 bits per heavy atom. The van der Waals surface area contributed by atoms with E-state index >= 15 is 0 Å². The van der Waals surface area contributed by atoms with Gasteiger partial charge in [0.05, 0.1) is 22.1 Å². The highest BCUT2D eigenvalue weighted by Gasteiger charge is 2.55. The maximum absolute atomic E-state index is 13.2. The molecule has 0 aromatic carbocycles. The lowest BCUT2D eigenvalue weighted by atomic mass is 9.81. The summed E-state index contributed by atoms with van der Waals surface area (Å²) in [6, 6.07) is 1.79. The predicted molar refractivity (Wildman–Crippen MR) is 91.3 cm³/mol. The molecule has 2 aliphatic rings. The number of carboxylic acids is 1. The van der Waals surface area contributed by atoms with Crippen LogP contribution in [-0.4, -0.2) is 49.7 Å². The van der Waals surface area contributed by atoms with Gasteiger partial charge in [-0.2, -0.15) is 5.10 Å². The number of fused-ring (bicyclic) bond motifs is 2. The van der Waals surface area contributed by atoms with Crippen molar-refractivity contribution >= 4 is 22.9 Å². The SMILES string of the molecule is Cc1cc(C(=O)N2C[C@@H]3CCC[C@@]3(C(=O)O)C2)c2c(C)nn(C)c2n1. The zero-order chi connectivity index (χ0) is 17.9. The summed E-state index contributed by atoms with van der Waals surface area (Å²) in [6.07, 6.45) is 2.47. The van der Waals surface area contributed by atoms with Crippen LogP contribution in [0.4, 0.5) is 0 Å². The molecule has 1 saturated heterocycles. The van der Waals surface area contributed by atoms with Gasteiger partial charge in [0.25, 0.3) is 5.91 Å². The van der Waals surface area contributed by atoms with Crippen LogP contribution in [0.1, 0.15) is 41.0 Å². The van der Waals surface area contributed by atoms with E-state index in [9.17, 15) is 14.7 Å². The van der Waals surface area contributed by atoms with Gasteiger partial charge in [0, 0.05) is 25.8 Å². The number of carbonyl (C=O) groups excluding carboxylic acids is 1. The van der Waals surface area contributed by atoms with Gasteiger partial charge in [-0.1, -0.05) is 6.42 Å². The maximum atomic E-state index is 13.2. The summed E-state index contributed by atoms with van der Waals surface area (Å²) < 4.78 is 1.69. The molecule has 2 fully saturated rings. The Labute approximate surface area is 145 Å². The summed E-state index contributed by atoms with van der Waals surface area (Å²) in [5.74, 6) is -0.817. The van der Waals surface area contributed by atoms with Crippen molar-refractivity contribution in [1.82, 2.24) is 19.7 Å². The molecular weight excluding hydrogens is 320 g/mol. The molecule has 1 amide bonds. The van der Waals surface area contributed by atoms with Crippen LogP contribution in [0.15, 0.2) is 6.07 Å². The van der Waals surface area contributed by atoms with Crippen LogP contribution in [0.25, 0.3) is 11.0 Å². The lowest BCUT2D eigenvalue weighted by Crippen LogP contribution is -2.37. The van der Waals surface area contributed by atoms with E-state index in [1.165, 1.54) is 0 Å². The first-order valence-electron chi connectivity index (χ1n) is 8.67. The quantitative estimate of drug-likeness (QED) is 0.901. The third kappa shape index (κ3) is 2.18. The summed E-state index contributed by atoms with van der Waals surface area (Å²) in [6.45, 7) is 4.55. The van der Waals surface area contributed by atoms with Crippen LogP contribution in [0, 0.1) is 25.2 Å². The number of rotatable bonds is 2. The number of hydrogen-bond donors (Lipinski definition) is 1. The van der Waals surface area contributed by atoms with E-state index in [4.69, 9.17) is 0 Å². The number of hydrogen-bond acceptors (Lipinski definition) is 4. The maximum Gasteiger partial charge on any atom is 0.311 e. The highest BCUT2D eigenvalue weighted by atomic mass is 16.4. The topological polar surface area (TPSA) is 88.3 Å². The second-order valence-corrected chi connectivity index (χ2v) is 7.45. The second kappa shape index (κ2) is 5.28. The molecule has 0 spiro atoms. The van der Waals surface area contributed by atoms with Crippen molar-refractivity contribution in [1.29, 1.82) is 0 Å². The van der Waals surface area contributed by atoms with Crippen LogP contribution in [0.3, 0.4) is 0 Å². The lowest BCUT2D eigenvalue weighted by Gasteiger charge is -2.23. The Morgan fingerprint density at radius 1 is 1.36 bits per heavy atom. The summed E-state index contributed by atoms with van der Waals surface area (Å²) >= 11 is 0. The van der Waals surface area contributed by atoms with E-state index in [0.29, 0.717) is 30.7 Å². The number of amides is 1. The van der Waals surface area contributed by atoms with E-state index < -0.39 is 11.4 Å². The molecule has 0 radical (unpaired) electrons. The molecule has 132 valence electrons. The van der Waals surface area contributed by atoms with Crippen LogP contribution in [0.5, 0.6) is 0 Å². The normalized spacial score (nSPS) is 25.6. The number of aryl methyl sites for hydroxylation is 3. The number of carboxylic acid groups (broad SMARTS) is 1. The molecule has 3 heterocycles. The lowest BCUT2D eigenvalue weighted by molar-refractivity contribution is -0.149. The average molecular weight is 342 g/mol. The smallest absolute Gasteiger partial charge is 0.311 e. The van der Waals surface area contributed by atoms with Crippen LogP contribution in [0.2, 0.25) is 0 Å². The average Bonchev–Trinajstić information content (AvgIpc) is 3.18. The minimum Gasteiger partial charge on any atom is -0.481 e. The molecule has 2 aromatic rings. The van der Waals surface area contributed by atoms with Crippen molar-refractivity contribution in [3.8, 4) is 0 Å². The summed E-state index contributed by atoms with van der Waals surface area (Å²) in [7, 11) is 1.82. The zero-order valence-electron chi connectivity index (χ0n) is 14.7. The van der Waals surface area contributed by atoms with Crippen molar-refractivity contribution in [3.63, 3.8) is 0 Å². The molecule has 7 nitrogen and oxygen atoms in total. The van der Waals surface area contributed by atoms with E-state index in [1.54, 1.807) is 15.6 Å². The fraction of sp³-hybridized carbons (Fsp3) is 0.556. The third-order valence-electron chi connectivity index (χ3n) is 5.91. The molecule has 0 bridgehead atoms. The monoisotopic (exact) mass is 342 g/mol. The molecule has 1 aliphatic carbocycles. The van der Waals surface area contributed by atoms with Crippen LogP contribution >= 0.6 is 0 Å². The largest absolute Gasteiger partial charge is 0.481 e. The van der Waals surface area contributed by atoms with Crippen LogP contribution < -0.4 is 0 Å². The van der Waals surface area contributed by atoms with Gasteiger partial charge >= 0.3 is 5.97 Å². The number of pyridine rings is 1. The molecular formula is C18H22N4O3. The summed E-state index contributed by atoms with van der Waals surface area (Å²) in [5, 5.41) is 14.9. The van der Waals surface area contributed by atoms with Crippen LogP contribution in [-0.2, 0) is 11.8 Å². The Bertz CT molecular complexity index is 903. The molecule has 7 heteroatoms. The van der Waals surface area contributed by atoms with Gasteiger partial charge in [0.15, 0.2) is 5.65 Å². The predicted octanol–water partition coefficient (Wildman–Crippen LogP) is 1.91. The van der Waals surface area contributed by atoms with Gasteiger partial charge in [-0.25, -0.2) is 4.98 Å². The molecule has 25 heavy (non-hydrogen) atoms. The first kappa shape index (κ1) is 16.1. The fourth-order valence-corrected chi connectivity index (χ4v) is 4.70. The van der Waals surface area contributed by atoms with Gasteiger partial charge in [-0.05, 0) is 38.7 Å². The first-order chi connectivity index (χ1) is 11.8. The van der Waals surface area contributed by atoms with Crippen molar-refractivity contribution < 1.29 is 14.7 Å². The van der Waals surface area contributed by atoms with Crippen molar-refractivity contribution in [2.75, 3.05) is 13.1 Å². The van der Waals surface area contributed by atoms with Gasteiger partial charge in [0.1, 0.15) is 0 Å². The van der Waals surface area contributed by atoms with E-state index in [1.807, 2.05) is 20.9 Å². The molecule has 1 aliphatic heterocycles. The van der Waals surface area contributed by atoms with Gasteiger partial charge in [-0.15, -0.1) is 0 Å². The Hall–Kier alpha value is -2.44. The second-order valence-electron chi connectivity index (χ2n) is 7.45. The van der Waals surface area contributed by atoms with E-state index in [0.717, 1.165) is 29.6 Å². The van der Waals surface area contributed by atoms with Crippen molar-refractivity contribution in [2.45, 2.75) is 33.1 Å². The first-order valence-corrected chi connectivity index (χ1v) is 8.67. The summed E-state index contributed by atoms with van der Waals surface area (Å²) in [4.78, 5) is 31.3. The highest BCUT2D eigenvalue weighted by molar-refractivity contribution is 6.07. The number of carbonyl (C=O) groups is 2. The standard InChI is InChI=1S/C18H22N4O3/c1-10-7-13(14-11(2)20-21(3)15(14)19-10)16(23)22-8-12-5-4-6-18(12,9-22)17(24)25/h7,12H,4-6,8-9H2,1-3H3,(H,24,25)/t12-,18+/m0/s1. The molecule has 1 N–H and O–H groups in total. The highest BCUT2D eigenvalue weighted by Crippen LogP contribution is 2.49. The van der Waals surface area contributed by atoms with E-state index in [2.05, 4.69) is 10.1 Å². The Morgan fingerprint density at radius 2 is 2.12 bits per heavy atom. The number of aromatic nitrogens is 3. The molecule has 0 unspecified atom stereocenters. The minimum absolute atomic E-state index is 0.0578. The van der Waals surface area contributed by atoms with Gasteiger partial charge in [0.2, 0.25) is 0 Å². The minimum atomic E-state index is -0.765.